The molecule has 0 aliphatic heterocycles. The maximum atomic E-state index is 14.0. The monoisotopic (exact) mass is 593 g/mol. The fourth-order valence-corrected chi connectivity index (χ4v) is 6.75. The summed E-state index contributed by atoms with van der Waals surface area (Å²) in [5.41, 5.74) is 4.10. The number of pyridine rings is 1. The first kappa shape index (κ1) is 30.7. The number of amides is 1. The average Bonchev–Trinajstić information content (AvgIpc) is 2.87. The molecule has 0 saturated carbocycles. The van der Waals surface area contributed by atoms with Gasteiger partial charge in [0, 0.05) is 43.0 Å². The summed E-state index contributed by atoms with van der Waals surface area (Å²) in [6.45, 7) is 5.19. The van der Waals surface area contributed by atoms with Gasteiger partial charge in [0.2, 0.25) is 15.9 Å². The van der Waals surface area contributed by atoms with Crippen molar-refractivity contribution in [2.24, 2.45) is 0 Å². The van der Waals surface area contributed by atoms with Crippen LogP contribution in [0.1, 0.15) is 42.5 Å². The third-order valence-corrected chi connectivity index (χ3v) is 9.65. The van der Waals surface area contributed by atoms with E-state index in [2.05, 4.69) is 10.3 Å². The number of aromatic nitrogens is 1. The Morgan fingerprint density at radius 3 is 2.51 bits per heavy atom. The van der Waals surface area contributed by atoms with E-state index in [0.717, 1.165) is 22.3 Å². The Balaban J connectivity index is 1.90. The standard InChI is InChI=1S/C27H32ClN3O6S2/c1-19-18-29-13-12-24(19)23-8-4-7-22(17-23)21(3)31(15-6-11-27(32)30-14-16-38(33,34)35)39(36,37)26-10-5-9-25(28)20(26)2/h4-5,7-10,12-13,17-18,21H,6,11,14-16H2,1-3H3,(H,30,32)(H,33,34,35)/t21-/m0/s1. The van der Waals surface area contributed by atoms with E-state index < -0.39 is 37.8 Å². The molecule has 0 spiro atoms. The third-order valence-electron chi connectivity index (χ3n) is 6.40. The minimum Gasteiger partial charge on any atom is -0.355 e. The van der Waals surface area contributed by atoms with Crippen LogP contribution in [0.25, 0.3) is 11.1 Å². The molecule has 12 heteroatoms. The molecule has 210 valence electrons. The molecule has 3 rings (SSSR count). The van der Waals surface area contributed by atoms with Crippen molar-refractivity contribution in [3.63, 3.8) is 0 Å². The van der Waals surface area contributed by atoms with E-state index in [1.54, 1.807) is 38.4 Å². The number of hydrogen-bond donors (Lipinski definition) is 2. The number of carbonyl (C=O) groups is 1. The molecule has 0 unspecified atom stereocenters. The molecule has 2 N–H and O–H groups in total. The van der Waals surface area contributed by atoms with Crippen molar-refractivity contribution in [3.8, 4) is 11.1 Å². The first-order valence-corrected chi connectivity index (χ1v) is 15.7. The molecule has 1 amide bonds. The number of nitrogens with zero attached hydrogens (tertiary/aromatic N) is 2. The lowest BCUT2D eigenvalue weighted by atomic mass is 9.98. The second-order valence-electron chi connectivity index (χ2n) is 9.21. The summed E-state index contributed by atoms with van der Waals surface area (Å²) in [5, 5.41) is 2.75. The second-order valence-corrected chi connectivity index (χ2v) is 13.0. The topological polar surface area (TPSA) is 134 Å². The third kappa shape index (κ3) is 8.09. The number of sulfonamides is 1. The molecule has 0 radical (unpaired) electrons. The van der Waals surface area contributed by atoms with Crippen LogP contribution in [-0.4, -0.2) is 55.4 Å². The highest BCUT2D eigenvalue weighted by Gasteiger charge is 2.31. The maximum Gasteiger partial charge on any atom is 0.266 e. The molecule has 1 atom stereocenters. The van der Waals surface area contributed by atoms with Gasteiger partial charge in [-0.2, -0.15) is 12.7 Å². The molecule has 9 nitrogen and oxygen atoms in total. The Bertz CT molecular complexity index is 1540. The summed E-state index contributed by atoms with van der Waals surface area (Å²) in [4.78, 5) is 16.5. The molecular weight excluding hydrogens is 562 g/mol. The van der Waals surface area contributed by atoms with E-state index in [1.807, 2.05) is 37.3 Å². The van der Waals surface area contributed by atoms with E-state index in [0.29, 0.717) is 10.6 Å². The zero-order valence-corrected chi connectivity index (χ0v) is 24.4. The second kappa shape index (κ2) is 13.0. The summed E-state index contributed by atoms with van der Waals surface area (Å²) in [6, 6.07) is 13.7. The molecule has 0 aliphatic carbocycles. The van der Waals surface area contributed by atoms with Crippen LogP contribution in [0, 0.1) is 13.8 Å². The van der Waals surface area contributed by atoms with Crippen molar-refractivity contribution in [3.05, 3.63) is 82.6 Å². The fraction of sp³-hybridized carbons (Fsp3) is 0.333. The number of halogens is 1. The molecule has 39 heavy (non-hydrogen) atoms. The number of rotatable bonds is 12. The number of carbonyl (C=O) groups excluding carboxylic acids is 1. The highest BCUT2D eigenvalue weighted by atomic mass is 35.5. The van der Waals surface area contributed by atoms with Crippen LogP contribution in [0.15, 0.2) is 65.8 Å². The predicted molar refractivity (Wildman–Crippen MR) is 152 cm³/mol. The molecule has 0 bridgehead atoms. The van der Waals surface area contributed by atoms with E-state index in [-0.39, 0.29) is 30.8 Å². The van der Waals surface area contributed by atoms with Crippen LogP contribution in [0.4, 0.5) is 0 Å². The van der Waals surface area contributed by atoms with Gasteiger partial charge in [0.1, 0.15) is 0 Å². The van der Waals surface area contributed by atoms with Gasteiger partial charge in [0.25, 0.3) is 10.1 Å². The maximum absolute atomic E-state index is 14.0. The van der Waals surface area contributed by atoms with Gasteiger partial charge in [-0.15, -0.1) is 0 Å². The smallest absolute Gasteiger partial charge is 0.266 e. The molecule has 2 aromatic carbocycles. The van der Waals surface area contributed by atoms with Crippen LogP contribution < -0.4 is 5.32 Å². The molecule has 1 aromatic heterocycles. The Morgan fingerprint density at radius 1 is 1.10 bits per heavy atom. The van der Waals surface area contributed by atoms with Crippen LogP contribution >= 0.6 is 11.6 Å². The summed E-state index contributed by atoms with van der Waals surface area (Å²) in [7, 11) is -8.22. The van der Waals surface area contributed by atoms with Crippen molar-refractivity contribution in [2.75, 3.05) is 18.8 Å². The van der Waals surface area contributed by atoms with Gasteiger partial charge in [-0.3, -0.25) is 14.3 Å². The molecule has 0 fully saturated rings. The number of benzene rings is 2. The SMILES string of the molecule is Cc1cnccc1-c1cccc([C@H](C)N(CCCC(=O)NCCS(=O)(=O)O)S(=O)(=O)c2cccc(Cl)c2C)c1. The zero-order valence-electron chi connectivity index (χ0n) is 22.0. The summed E-state index contributed by atoms with van der Waals surface area (Å²) in [6.07, 6.45) is 3.63. The van der Waals surface area contributed by atoms with Gasteiger partial charge in [-0.1, -0.05) is 35.9 Å². The van der Waals surface area contributed by atoms with Gasteiger partial charge in [-0.25, -0.2) is 8.42 Å². The van der Waals surface area contributed by atoms with Gasteiger partial charge < -0.3 is 5.32 Å². The lowest BCUT2D eigenvalue weighted by Crippen LogP contribution is -2.36. The van der Waals surface area contributed by atoms with Gasteiger partial charge in [-0.05, 0) is 79.3 Å². The Labute approximate surface area is 235 Å². The predicted octanol–water partition coefficient (Wildman–Crippen LogP) is 4.55. The minimum absolute atomic E-state index is 0.0275. The van der Waals surface area contributed by atoms with Gasteiger partial charge in [0.15, 0.2) is 0 Å². The summed E-state index contributed by atoms with van der Waals surface area (Å²) in [5.74, 6) is -1.05. The molecular formula is C27H32ClN3O6S2. The van der Waals surface area contributed by atoms with Crippen LogP contribution in [0.3, 0.4) is 0 Å². The fourth-order valence-electron chi connectivity index (χ4n) is 4.25. The molecule has 0 aliphatic rings. The van der Waals surface area contributed by atoms with Crippen LogP contribution in [-0.2, 0) is 24.9 Å². The lowest BCUT2D eigenvalue weighted by molar-refractivity contribution is -0.121. The quantitative estimate of drug-likeness (QED) is 0.294. The van der Waals surface area contributed by atoms with E-state index >= 15 is 0 Å². The van der Waals surface area contributed by atoms with E-state index in [1.165, 1.54) is 10.4 Å². The van der Waals surface area contributed by atoms with Gasteiger partial charge in [0.05, 0.1) is 10.6 Å². The minimum atomic E-state index is -4.20. The zero-order chi connectivity index (χ0) is 28.8. The van der Waals surface area contributed by atoms with E-state index in [4.69, 9.17) is 16.2 Å². The van der Waals surface area contributed by atoms with Crippen LogP contribution in [0.5, 0.6) is 0 Å². The van der Waals surface area contributed by atoms with Crippen molar-refractivity contribution in [1.29, 1.82) is 0 Å². The highest BCUT2D eigenvalue weighted by molar-refractivity contribution is 7.89. The van der Waals surface area contributed by atoms with Crippen LogP contribution in [0.2, 0.25) is 5.02 Å². The molecule has 3 aromatic rings. The Kier molecular flexibility index (Phi) is 10.2. The van der Waals surface area contributed by atoms with Crippen molar-refractivity contribution in [1.82, 2.24) is 14.6 Å². The normalized spacial score (nSPS) is 12.9. The molecule has 0 saturated heterocycles. The van der Waals surface area contributed by atoms with Crippen molar-refractivity contribution < 1.29 is 26.2 Å². The number of aryl methyl sites for hydroxylation is 1. The van der Waals surface area contributed by atoms with Gasteiger partial charge >= 0.3 is 0 Å². The first-order valence-electron chi connectivity index (χ1n) is 12.3. The number of nitrogens with one attached hydrogen (secondary N) is 1. The van der Waals surface area contributed by atoms with E-state index in [9.17, 15) is 21.6 Å². The Morgan fingerprint density at radius 2 is 1.82 bits per heavy atom. The molecule has 1 heterocycles. The average molecular weight is 594 g/mol. The largest absolute Gasteiger partial charge is 0.355 e. The summed E-state index contributed by atoms with van der Waals surface area (Å²) >= 11 is 6.25. The summed E-state index contributed by atoms with van der Waals surface area (Å²) < 4.78 is 59.8. The van der Waals surface area contributed by atoms with Crippen molar-refractivity contribution in [2.45, 2.75) is 44.6 Å². The lowest BCUT2D eigenvalue weighted by Gasteiger charge is -2.30. The number of hydrogen-bond acceptors (Lipinski definition) is 6. The Hall–Kier alpha value is -2.83. The first-order chi connectivity index (χ1) is 18.3. The highest BCUT2D eigenvalue weighted by Crippen LogP contribution is 2.33. The van der Waals surface area contributed by atoms with Crippen molar-refractivity contribution >= 4 is 37.6 Å².